The fourth-order valence-electron chi connectivity index (χ4n) is 2.03. The Morgan fingerprint density at radius 1 is 1.11 bits per heavy atom. The molecule has 0 aliphatic rings. The van der Waals surface area contributed by atoms with Crippen LogP contribution in [0.4, 0.5) is 0 Å². The van der Waals surface area contributed by atoms with Crippen LogP contribution in [-0.4, -0.2) is 20.2 Å². The van der Waals surface area contributed by atoms with E-state index in [0.29, 0.717) is 17.8 Å². The van der Waals surface area contributed by atoms with Crippen molar-refractivity contribution in [3.8, 4) is 5.75 Å². The molecule has 0 radical (unpaired) electrons. The average molecular weight is 249 g/mol. The molecule has 0 saturated heterocycles. The molecule has 0 bridgehead atoms. The molecular weight excluding hydrogens is 222 g/mol. The zero-order valence-corrected chi connectivity index (χ0v) is 12.4. The summed E-state index contributed by atoms with van der Waals surface area (Å²) in [5.41, 5.74) is 1.35. The predicted octanol–water partition coefficient (Wildman–Crippen LogP) is 3.68. The van der Waals surface area contributed by atoms with Crippen molar-refractivity contribution in [2.24, 2.45) is 11.8 Å². The Labute approximate surface area is 112 Å². The monoisotopic (exact) mass is 249 g/mol. The number of ether oxygens (including phenoxy) is 1. The number of methoxy groups -OCH3 is 1. The van der Waals surface area contributed by atoms with Crippen molar-refractivity contribution in [3.63, 3.8) is 0 Å². The second kappa shape index (κ2) is 7.42. The first-order chi connectivity index (χ1) is 8.54. The molecule has 2 nitrogen and oxygen atoms in total. The van der Waals surface area contributed by atoms with E-state index in [9.17, 15) is 0 Å². The van der Waals surface area contributed by atoms with Crippen LogP contribution in [0.2, 0.25) is 0 Å². The highest BCUT2D eigenvalue weighted by molar-refractivity contribution is 5.30. The predicted molar refractivity (Wildman–Crippen MR) is 78.3 cm³/mol. The normalized spacial score (nSPS) is 14.6. The summed E-state index contributed by atoms with van der Waals surface area (Å²) in [6.45, 7) is 11.2. The van der Waals surface area contributed by atoms with Crippen LogP contribution in [0.1, 0.15) is 39.2 Å². The zero-order chi connectivity index (χ0) is 13.5. The second-order valence-corrected chi connectivity index (χ2v) is 5.59. The van der Waals surface area contributed by atoms with E-state index in [2.05, 4.69) is 51.2 Å². The first-order valence-electron chi connectivity index (χ1n) is 6.89. The van der Waals surface area contributed by atoms with Gasteiger partial charge in [0.25, 0.3) is 0 Å². The molecule has 2 atom stereocenters. The smallest absolute Gasteiger partial charge is 0.119 e. The molecule has 2 unspecified atom stereocenters. The molecule has 1 aromatic rings. The molecule has 18 heavy (non-hydrogen) atoms. The first kappa shape index (κ1) is 15.0. The molecule has 0 aromatic heterocycles. The second-order valence-electron chi connectivity index (χ2n) is 5.59. The van der Waals surface area contributed by atoms with E-state index in [0.717, 1.165) is 18.8 Å². The molecule has 0 amide bonds. The Balaban J connectivity index is 2.53. The Kier molecular flexibility index (Phi) is 6.20. The molecule has 1 N–H and O–H groups in total. The van der Waals surface area contributed by atoms with Gasteiger partial charge in [-0.05, 0) is 48.5 Å². The quantitative estimate of drug-likeness (QED) is 0.796. The molecule has 1 rings (SSSR count). The summed E-state index contributed by atoms with van der Waals surface area (Å²) in [6.07, 6.45) is 0. The van der Waals surface area contributed by atoms with Crippen molar-refractivity contribution in [1.82, 2.24) is 5.32 Å². The van der Waals surface area contributed by atoms with E-state index in [1.54, 1.807) is 7.11 Å². The number of hydrogen-bond acceptors (Lipinski definition) is 2. The largest absolute Gasteiger partial charge is 0.497 e. The molecule has 0 saturated carbocycles. The van der Waals surface area contributed by atoms with Gasteiger partial charge in [-0.15, -0.1) is 0 Å². The minimum absolute atomic E-state index is 0.541. The van der Waals surface area contributed by atoms with Gasteiger partial charge in [-0.2, -0.15) is 0 Å². The molecule has 1 aromatic carbocycles. The summed E-state index contributed by atoms with van der Waals surface area (Å²) in [6, 6.07) is 8.40. The van der Waals surface area contributed by atoms with Crippen LogP contribution in [0.5, 0.6) is 5.75 Å². The van der Waals surface area contributed by atoms with E-state index in [4.69, 9.17) is 4.74 Å². The lowest BCUT2D eigenvalue weighted by Crippen LogP contribution is -2.27. The Bertz CT molecular complexity index is 349. The third kappa shape index (κ3) is 4.69. The van der Waals surface area contributed by atoms with E-state index >= 15 is 0 Å². The van der Waals surface area contributed by atoms with Crippen LogP contribution in [0.15, 0.2) is 24.3 Å². The maximum absolute atomic E-state index is 5.28. The molecule has 102 valence electrons. The van der Waals surface area contributed by atoms with Crippen LogP contribution in [-0.2, 0) is 0 Å². The van der Waals surface area contributed by atoms with Gasteiger partial charge >= 0.3 is 0 Å². The first-order valence-corrected chi connectivity index (χ1v) is 6.89. The van der Waals surface area contributed by atoms with Gasteiger partial charge in [0.15, 0.2) is 0 Å². The van der Waals surface area contributed by atoms with Crippen LogP contribution in [0.3, 0.4) is 0 Å². The zero-order valence-electron chi connectivity index (χ0n) is 12.4. The van der Waals surface area contributed by atoms with Crippen molar-refractivity contribution in [1.29, 1.82) is 0 Å². The lowest BCUT2D eigenvalue weighted by molar-refractivity contribution is 0.408. The molecular formula is C16H27NO. The summed E-state index contributed by atoms with van der Waals surface area (Å²) in [4.78, 5) is 0. The van der Waals surface area contributed by atoms with E-state index < -0.39 is 0 Å². The number of rotatable bonds is 7. The van der Waals surface area contributed by atoms with Crippen LogP contribution in [0.25, 0.3) is 0 Å². The maximum atomic E-state index is 5.28. The van der Waals surface area contributed by atoms with Gasteiger partial charge in [0.05, 0.1) is 7.11 Å². The van der Waals surface area contributed by atoms with Crippen molar-refractivity contribution in [3.05, 3.63) is 29.8 Å². The Morgan fingerprint density at radius 3 is 2.44 bits per heavy atom. The van der Waals surface area contributed by atoms with Crippen LogP contribution in [0, 0.1) is 11.8 Å². The standard InChI is InChI=1S/C16H27NO/c1-12(2)10-17-11-13(3)14(4)15-7-6-8-16(9-15)18-5/h6-9,12-14,17H,10-11H2,1-5H3. The van der Waals surface area contributed by atoms with Gasteiger partial charge in [0.1, 0.15) is 5.75 Å². The number of benzene rings is 1. The highest BCUT2D eigenvalue weighted by Gasteiger charge is 2.14. The third-order valence-corrected chi connectivity index (χ3v) is 3.49. The van der Waals surface area contributed by atoms with Crippen LogP contribution < -0.4 is 10.1 Å². The topological polar surface area (TPSA) is 21.3 Å². The average Bonchev–Trinajstić information content (AvgIpc) is 2.37. The van der Waals surface area contributed by atoms with E-state index in [1.165, 1.54) is 5.56 Å². The molecule has 0 heterocycles. The van der Waals surface area contributed by atoms with Crippen molar-refractivity contribution in [2.45, 2.75) is 33.6 Å². The third-order valence-electron chi connectivity index (χ3n) is 3.49. The SMILES string of the molecule is COc1cccc(C(C)C(C)CNCC(C)C)c1. The van der Waals surface area contributed by atoms with Gasteiger partial charge in [0, 0.05) is 0 Å². The fraction of sp³-hybridized carbons (Fsp3) is 0.625. The molecule has 2 heteroatoms. The van der Waals surface area contributed by atoms with Gasteiger partial charge in [-0.1, -0.05) is 39.8 Å². The van der Waals surface area contributed by atoms with Gasteiger partial charge < -0.3 is 10.1 Å². The van der Waals surface area contributed by atoms with Gasteiger partial charge in [0.2, 0.25) is 0 Å². The molecule has 0 aliphatic carbocycles. The molecule has 0 spiro atoms. The van der Waals surface area contributed by atoms with Crippen molar-refractivity contribution < 1.29 is 4.74 Å². The highest BCUT2D eigenvalue weighted by Crippen LogP contribution is 2.26. The summed E-state index contributed by atoms with van der Waals surface area (Å²) < 4.78 is 5.28. The summed E-state index contributed by atoms with van der Waals surface area (Å²) in [5.74, 6) is 2.82. The van der Waals surface area contributed by atoms with E-state index in [1.807, 2.05) is 6.07 Å². The van der Waals surface area contributed by atoms with E-state index in [-0.39, 0.29) is 0 Å². The summed E-state index contributed by atoms with van der Waals surface area (Å²) in [5, 5.41) is 3.53. The number of hydrogen-bond donors (Lipinski definition) is 1. The van der Waals surface area contributed by atoms with Crippen molar-refractivity contribution in [2.75, 3.05) is 20.2 Å². The highest BCUT2D eigenvalue weighted by atomic mass is 16.5. The summed E-state index contributed by atoms with van der Waals surface area (Å²) >= 11 is 0. The number of nitrogens with one attached hydrogen (secondary N) is 1. The Morgan fingerprint density at radius 2 is 1.83 bits per heavy atom. The lowest BCUT2D eigenvalue weighted by atomic mass is 9.88. The Hall–Kier alpha value is -1.02. The molecule has 0 aliphatic heterocycles. The maximum Gasteiger partial charge on any atom is 0.119 e. The van der Waals surface area contributed by atoms with Crippen LogP contribution >= 0.6 is 0 Å². The summed E-state index contributed by atoms with van der Waals surface area (Å²) in [7, 11) is 1.72. The lowest BCUT2D eigenvalue weighted by Gasteiger charge is -2.22. The van der Waals surface area contributed by atoms with Gasteiger partial charge in [-0.25, -0.2) is 0 Å². The molecule has 0 fully saturated rings. The van der Waals surface area contributed by atoms with Gasteiger partial charge in [-0.3, -0.25) is 0 Å². The van der Waals surface area contributed by atoms with Crippen molar-refractivity contribution >= 4 is 0 Å². The minimum atomic E-state index is 0.541. The fourth-order valence-corrected chi connectivity index (χ4v) is 2.03. The minimum Gasteiger partial charge on any atom is -0.497 e.